The van der Waals surface area contributed by atoms with Crippen molar-refractivity contribution in [2.75, 3.05) is 0 Å². The topological polar surface area (TPSA) is 229 Å². The first kappa shape index (κ1) is 47.0. The van der Waals surface area contributed by atoms with Gasteiger partial charge in [0.15, 0.2) is 0 Å². The second-order valence-corrected chi connectivity index (χ2v) is 7.66. The van der Waals surface area contributed by atoms with E-state index in [1.807, 2.05) is 0 Å². The summed E-state index contributed by atoms with van der Waals surface area (Å²) in [5, 5.41) is 39.3. The van der Waals surface area contributed by atoms with Crippen LogP contribution in [0.1, 0.15) is 77.0 Å². The van der Waals surface area contributed by atoms with Gasteiger partial charge >= 0.3 is 21.7 Å². The van der Waals surface area contributed by atoms with Crippen molar-refractivity contribution in [3.8, 4) is 0 Å². The summed E-state index contributed by atoms with van der Waals surface area (Å²) in [6.07, 6.45) is 7.52. The van der Waals surface area contributed by atoms with Crippen LogP contribution in [-0.2, 0) is 60.1 Å². The van der Waals surface area contributed by atoms with Crippen LogP contribution >= 0.6 is 0 Å². The van der Waals surface area contributed by atoms with Crippen LogP contribution in [0.5, 0.6) is 0 Å². The van der Waals surface area contributed by atoms with Crippen molar-refractivity contribution < 1.29 is 80.5 Å². The summed E-state index contributed by atoms with van der Waals surface area (Å²) in [7, 11) is 0. The third-order valence-electron chi connectivity index (χ3n) is 3.88. The van der Waals surface area contributed by atoms with Gasteiger partial charge in [-0.05, 0) is 25.7 Å². The molecule has 0 saturated carbocycles. The van der Waals surface area contributed by atoms with Crippen LogP contribution in [0, 0.1) is 0 Å². The zero-order valence-corrected chi connectivity index (χ0v) is 24.6. The molecule has 0 bridgehead atoms. The van der Waals surface area contributed by atoms with E-state index in [9.17, 15) is 58.8 Å². The number of rotatable bonds is 20. The summed E-state index contributed by atoms with van der Waals surface area (Å²) < 4.78 is 0. The zero-order chi connectivity index (χ0) is 31.9. The van der Waals surface area contributed by atoms with Crippen molar-refractivity contribution in [3.05, 3.63) is 50.6 Å². The number of hydrogen-bond donors (Lipinski definition) is 0. The average Bonchev–Trinajstić information content (AvgIpc) is 2.83. The Bertz CT molecular complexity index is 747. The monoisotopic (exact) mass is 612 g/mol. The molecule has 0 atom stereocenters. The Kier molecular flexibility index (Phi) is 39.3. The largest absolute Gasteiger partial charge is 4.00 e. The molecule has 0 fully saturated rings. The van der Waals surface area contributed by atoms with E-state index in [0.29, 0.717) is 25.7 Å². The average molecular weight is 612 g/mol. The van der Waals surface area contributed by atoms with E-state index >= 15 is 0 Å². The van der Waals surface area contributed by atoms with E-state index in [0.717, 1.165) is 0 Å². The van der Waals surface area contributed by atoms with Gasteiger partial charge in [0.05, 0.1) is 0 Å². The summed E-state index contributed by atoms with van der Waals surface area (Å²) in [6.45, 7) is 13.6. The number of carboxylic acid groups (broad SMARTS) is 4. The summed E-state index contributed by atoms with van der Waals surface area (Å²) >= 11 is 0. The number of Topliss-reactive ketones (excluding diaryl/α,β-unsaturated/α-hetero) is 4. The summed E-state index contributed by atoms with van der Waals surface area (Å²) in [4.78, 5) is 81.4. The van der Waals surface area contributed by atoms with E-state index in [2.05, 4.69) is 26.3 Å². The first-order chi connectivity index (χ1) is 18.7. The zero-order valence-electron chi connectivity index (χ0n) is 23.0. The van der Waals surface area contributed by atoms with Crippen LogP contribution < -0.4 is 20.4 Å². The molecular weight excluding hydrogens is 576 g/mol. The third kappa shape index (κ3) is 53.3. The maximum Gasteiger partial charge on any atom is 4.00 e. The number of ketones is 4. The minimum atomic E-state index is -1.31. The Labute approximate surface area is 254 Å². The molecular formula is C28H36O12Ti. The quantitative estimate of drug-likeness (QED) is 0.0882. The van der Waals surface area contributed by atoms with Gasteiger partial charge in [0.25, 0.3) is 0 Å². The molecule has 0 rings (SSSR count). The second-order valence-electron chi connectivity index (χ2n) is 7.66. The van der Waals surface area contributed by atoms with E-state index in [1.54, 1.807) is 24.3 Å². The number of carbonyl (C=O) groups excluding carboxylic acids is 8. The first-order valence-electron chi connectivity index (χ1n) is 12.0. The molecule has 0 aliphatic rings. The summed E-state index contributed by atoms with van der Waals surface area (Å²) in [6, 6.07) is 0. The van der Waals surface area contributed by atoms with Crippen LogP contribution in [0.15, 0.2) is 50.6 Å². The second kappa shape index (κ2) is 34.3. The maximum atomic E-state index is 10.5. The Hall–Kier alpha value is -3.77. The fourth-order valence-corrected chi connectivity index (χ4v) is 2.05. The third-order valence-corrected chi connectivity index (χ3v) is 3.88. The molecule has 0 aliphatic heterocycles. The molecule has 0 aromatic carbocycles. The van der Waals surface area contributed by atoms with Crippen LogP contribution in [0.3, 0.4) is 0 Å². The normalized spacial score (nSPS) is 8.59. The van der Waals surface area contributed by atoms with Crippen LogP contribution in [0.4, 0.5) is 0 Å². The molecule has 41 heavy (non-hydrogen) atoms. The van der Waals surface area contributed by atoms with Gasteiger partial charge in [-0.25, -0.2) is 0 Å². The summed E-state index contributed by atoms with van der Waals surface area (Å²) in [5.74, 6) is -6.47. The van der Waals surface area contributed by atoms with Gasteiger partial charge in [-0.15, -0.1) is 26.3 Å². The van der Waals surface area contributed by atoms with Crippen LogP contribution in [0.25, 0.3) is 0 Å². The van der Waals surface area contributed by atoms with E-state index in [4.69, 9.17) is 0 Å². The van der Waals surface area contributed by atoms with Crippen molar-refractivity contribution in [2.45, 2.75) is 77.0 Å². The molecule has 0 amide bonds. The fraction of sp³-hybridized carbons (Fsp3) is 0.429. The van der Waals surface area contributed by atoms with Crippen molar-refractivity contribution in [1.29, 1.82) is 0 Å². The van der Waals surface area contributed by atoms with E-state index < -0.39 is 49.6 Å². The van der Waals surface area contributed by atoms with Gasteiger partial charge in [-0.2, -0.15) is 0 Å². The van der Waals surface area contributed by atoms with Gasteiger partial charge < -0.3 is 39.6 Å². The number of carboxylic acids is 4. The van der Waals surface area contributed by atoms with Crippen molar-refractivity contribution in [3.63, 3.8) is 0 Å². The number of hydrogen-bond acceptors (Lipinski definition) is 12. The maximum absolute atomic E-state index is 10.5. The molecule has 0 aromatic rings. The Balaban J connectivity index is -0.000000139. The number of carbonyl (C=O) groups is 8. The van der Waals surface area contributed by atoms with Crippen molar-refractivity contribution in [1.82, 2.24) is 0 Å². The summed E-state index contributed by atoms with van der Waals surface area (Å²) in [5.41, 5.74) is 0. The fourth-order valence-electron chi connectivity index (χ4n) is 2.05. The molecule has 0 aliphatic carbocycles. The van der Waals surface area contributed by atoms with Gasteiger partial charge in [0.1, 0.15) is 23.1 Å². The molecule has 13 heteroatoms. The predicted octanol–water partition coefficient (Wildman–Crippen LogP) is -1.36. The smallest absolute Gasteiger partial charge is 0.550 e. The minimum Gasteiger partial charge on any atom is -0.550 e. The molecule has 224 valence electrons. The van der Waals surface area contributed by atoms with E-state index in [1.165, 1.54) is 0 Å². The van der Waals surface area contributed by atoms with Gasteiger partial charge in [0.2, 0.25) is 0 Å². The number of allylic oxidation sites excluding steroid dienone is 4. The molecule has 12 nitrogen and oxygen atoms in total. The predicted molar refractivity (Wildman–Crippen MR) is 136 cm³/mol. The molecule has 0 spiro atoms. The van der Waals surface area contributed by atoms with Gasteiger partial charge in [0, 0.05) is 75.2 Å². The molecule has 0 N–H and O–H groups in total. The molecule has 0 heterocycles. The Morgan fingerprint density at radius 3 is 0.634 bits per heavy atom. The van der Waals surface area contributed by atoms with Gasteiger partial charge in [-0.3, -0.25) is 19.2 Å². The standard InChI is InChI=1S/4C7H10O3.Ti/c4*1-2-3-4-6(8)5-7(9)10;/h4*2H,1,3-5H2,(H,9,10);/q;;;;+4/p-4. The molecule has 0 saturated heterocycles. The molecule has 0 unspecified atom stereocenters. The van der Waals surface area contributed by atoms with Gasteiger partial charge in [-0.1, -0.05) is 24.3 Å². The SMILES string of the molecule is C=CCCC(=O)CC(=O)[O-].C=CCCC(=O)CC(=O)[O-].C=CCCC(=O)CC(=O)[O-].C=CCCC(=O)CC(=O)[O-].[Ti+4]. The van der Waals surface area contributed by atoms with Crippen LogP contribution in [0.2, 0.25) is 0 Å². The van der Waals surface area contributed by atoms with Crippen LogP contribution in [-0.4, -0.2) is 47.0 Å². The number of aliphatic carboxylic acids is 4. The Morgan fingerprint density at radius 1 is 0.390 bits per heavy atom. The van der Waals surface area contributed by atoms with E-state index in [-0.39, 0.29) is 70.5 Å². The van der Waals surface area contributed by atoms with Crippen molar-refractivity contribution in [2.24, 2.45) is 0 Å². The Morgan fingerprint density at radius 2 is 0.537 bits per heavy atom. The molecule has 0 aromatic heterocycles. The van der Waals surface area contributed by atoms with Crippen molar-refractivity contribution >= 4 is 47.0 Å². The first-order valence-corrected chi connectivity index (χ1v) is 12.0. The molecule has 0 radical (unpaired) electrons. The minimum absolute atomic E-state index is 0.